The Kier molecular flexibility index (Phi) is 4.26. The number of hydrogen-bond donors (Lipinski definition) is 0. The first kappa shape index (κ1) is 17.4. The van der Waals surface area contributed by atoms with Crippen LogP contribution in [0.15, 0.2) is 36.4 Å². The highest BCUT2D eigenvalue weighted by molar-refractivity contribution is 5.82. The van der Waals surface area contributed by atoms with Crippen molar-refractivity contribution in [2.75, 3.05) is 0 Å². The third-order valence-electron chi connectivity index (χ3n) is 3.87. The van der Waals surface area contributed by atoms with E-state index < -0.39 is 0 Å². The molecule has 25 heavy (non-hydrogen) atoms. The lowest BCUT2D eigenvalue weighted by Crippen LogP contribution is -1.99. The molecule has 3 rings (SSSR count). The Balaban J connectivity index is 1.91. The topological polar surface area (TPSA) is 0 Å². The largest absolute Gasteiger partial charge is 0.0920 e. The Labute approximate surface area is 152 Å². The van der Waals surface area contributed by atoms with E-state index in [1.165, 1.54) is 22.3 Å². The Morgan fingerprint density at radius 3 is 1.36 bits per heavy atom. The Morgan fingerprint density at radius 2 is 1.00 bits per heavy atom. The molecule has 1 radical (unpaired) electrons. The van der Waals surface area contributed by atoms with E-state index in [0.717, 1.165) is 11.1 Å². The van der Waals surface area contributed by atoms with Crippen molar-refractivity contribution in [3.63, 3.8) is 0 Å². The third kappa shape index (κ3) is 4.35. The molecule has 0 bridgehead atoms. The normalized spacial score (nSPS) is 12.4. The summed E-state index contributed by atoms with van der Waals surface area (Å²) in [6, 6.07) is 13.0. The van der Waals surface area contributed by atoms with E-state index in [4.69, 9.17) is 0 Å². The van der Waals surface area contributed by atoms with Gasteiger partial charge in [0.05, 0.1) is 0 Å². The van der Waals surface area contributed by atoms with Gasteiger partial charge in [-0.25, -0.2) is 0 Å². The van der Waals surface area contributed by atoms with E-state index in [2.05, 4.69) is 108 Å². The molecule has 0 saturated carbocycles. The molecule has 125 valence electrons. The maximum absolute atomic E-state index is 3.31. The lowest BCUT2D eigenvalue weighted by molar-refractivity contribution is 0.570. The van der Waals surface area contributed by atoms with E-state index in [1.54, 1.807) is 0 Å². The minimum atomic E-state index is 0.0202. The molecule has 1 aliphatic rings. The maximum atomic E-state index is 3.31. The van der Waals surface area contributed by atoms with Crippen molar-refractivity contribution in [2.45, 2.75) is 41.5 Å². The Hall–Kier alpha value is -2.44. The molecule has 0 aromatic heterocycles. The molecule has 0 heterocycles. The van der Waals surface area contributed by atoms with Crippen molar-refractivity contribution in [3.8, 4) is 34.8 Å². The average molecular weight is 325 g/mol. The molecule has 0 nitrogen and oxygen atoms in total. The summed E-state index contributed by atoms with van der Waals surface area (Å²) in [4.78, 5) is 0. The van der Waals surface area contributed by atoms with Crippen LogP contribution >= 0.6 is 0 Å². The van der Waals surface area contributed by atoms with Crippen molar-refractivity contribution in [2.24, 2.45) is 10.8 Å². The third-order valence-corrected chi connectivity index (χ3v) is 3.87. The van der Waals surface area contributed by atoms with E-state index in [-0.39, 0.29) is 10.8 Å². The van der Waals surface area contributed by atoms with Crippen molar-refractivity contribution in [1.82, 2.24) is 0 Å². The van der Waals surface area contributed by atoms with Gasteiger partial charge in [0.15, 0.2) is 0 Å². The summed E-state index contributed by atoms with van der Waals surface area (Å²) in [7, 11) is 0. The standard InChI is InChI=1S/C25H25/c1-24(2,3)13-11-18-7-9-22-20(15-18)17-21-16-19(8-10-23(21)22)12-14-25(4,5)6/h7-10,15-17H,1-6H3. The molecule has 0 heteroatoms. The second kappa shape index (κ2) is 6.13. The zero-order valence-electron chi connectivity index (χ0n) is 16.0. The Morgan fingerprint density at radius 1 is 0.600 bits per heavy atom. The van der Waals surface area contributed by atoms with Gasteiger partial charge < -0.3 is 0 Å². The van der Waals surface area contributed by atoms with Crippen LogP contribution in [0.3, 0.4) is 0 Å². The zero-order valence-corrected chi connectivity index (χ0v) is 16.0. The molecule has 0 aliphatic heterocycles. The summed E-state index contributed by atoms with van der Waals surface area (Å²) < 4.78 is 0. The molecule has 0 fully saturated rings. The van der Waals surface area contributed by atoms with E-state index in [9.17, 15) is 0 Å². The predicted molar refractivity (Wildman–Crippen MR) is 107 cm³/mol. The molecule has 1 aliphatic carbocycles. The molecule has 0 spiro atoms. The second-order valence-corrected chi connectivity index (χ2v) is 8.75. The van der Waals surface area contributed by atoms with Gasteiger partial charge in [0.25, 0.3) is 0 Å². The van der Waals surface area contributed by atoms with Gasteiger partial charge in [0.1, 0.15) is 0 Å². The lowest BCUT2D eigenvalue weighted by atomic mass is 9.96. The SMILES string of the molecule is CC(C)(C)C#Cc1ccc2c(c1)[CH]c1cc(C#CC(C)(C)C)ccc1-2. The van der Waals surface area contributed by atoms with Crippen LogP contribution in [0.4, 0.5) is 0 Å². The second-order valence-electron chi connectivity index (χ2n) is 8.75. The van der Waals surface area contributed by atoms with Gasteiger partial charge >= 0.3 is 0 Å². The summed E-state index contributed by atoms with van der Waals surface area (Å²) >= 11 is 0. The van der Waals surface area contributed by atoms with Crippen molar-refractivity contribution < 1.29 is 0 Å². The van der Waals surface area contributed by atoms with Gasteiger partial charge in [-0.1, -0.05) is 35.8 Å². The lowest BCUT2D eigenvalue weighted by Gasteiger charge is -2.07. The van der Waals surface area contributed by atoms with Crippen LogP contribution in [0.2, 0.25) is 0 Å². The van der Waals surface area contributed by atoms with Crippen LogP contribution in [0.25, 0.3) is 11.1 Å². The number of benzene rings is 2. The molecule has 0 unspecified atom stereocenters. The highest BCUT2D eigenvalue weighted by Gasteiger charge is 2.19. The van der Waals surface area contributed by atoms with Crippen LogP contribution < -0.4 is 0 Å². The number of fused-ring (bicyclic) bond motifs is 3. The van der Waals surface area contributed by atoms with Gasteiger partial charge in [0, 0.05) is 28.4 Å². The smallest absolute Gasteiger partial charge is 0.0248 e. The van der Waals surface area contributed by atoms with Gasteiger partial charge in [-0.2, -0.15) is 0 Å². The summed E-state index contributed by atoms with van der Waals surface area (Å²) in [5, 5.41) is 0. The monoisotopic (exact) mass is 325 g/mol. The molecular weight excluding hydrogens is 300 g/mol. The molecule has 2 aromatic carbocycles. The fourth-order valence-corrected chi connectivity index (χ4v) is 2.70. The van der Waals surface area contributed by atoms with E-state index >= 15 is 0 Å². The summed E-state index contributed by atoms with van der Waals surface area (Å²) in [6.45, 7) is 12.8. The molecule has 0 N–H and O–H groups in total. The van der Waals surface area contributed by atoms with Gasteiger partial charge in [0.2, 0.25) is 0 Å². The summed E-state index contributed by atoms with van der Waals surface area (Å²) in [6.07, 6.45) is 2.25. The molecule has 0 atom stereocenters. The molecule has 0 saturated heterocycles. The minimum absolute atomic E-state index is 0.0202. The first-order valence-electron chi connectivity index (χ1n) is 8.80. The van der Waals surface area contributed by atoms with Crippen LogP contribution in [0.5, 0.6) is 0 Å². The summed E-state index contributed by atoms with van der Waals surface area (Å²) in [5.74, 6) is 13.2. The van der Waals surface area contributed by atoms with E-state index in [1.807, 2.05) is 0 Å². The zero-order chi connectivity index (χ0) is 18.2. The van der Waals surface area contributed by atoms with E-state index in [0.29, 0.717) is 0 Å². The average Bonchev–Trinajstić information content (AvgIpc) is 2.86. The van der Waals surface area contributed by atoms with Gasteiger partial charge in [-0.3, -0.25) is 0 Å². The van der Waals surface area contributed by atoms with Crippen LogP contribution in [0, 0.1) is 40.9 Å². The van der Waals surface area contributed by atoms with Crippen molar-refractivity contribution in [1.29, 1.82) is 0 Å². The summed E-state index contributed by atoms with van der Waals surface area (Å²) in [5.41, 5.74) is 7.25. The van der Waals surface area contributed by atoms with Gasteiger partial charge in [-0.05, 0) is 88.1 Å². The molecule has 0 amide bonds. The van der Waals surface area contributed by atoms with Crippen molar-refractivity contribution >= 4 is 0 Å². The predicted octanol–water partition coefficient (Wildman–Crippen LogP) is 6.06. The highest BCUT2D eigenvalue weighted by Crippen LogP contribution is 2.38. The quantitative estimate of drug-likeness (QED) is 0.440. The van der Waals surface area contributed by atoms with Crippen LogP contribution in [0.1, 0.15) is 63.8 Å². The molecular formula is C25H25. The van der Waals surface area contributed by atoms with Crippen molar-refractivity contribution in [3.05, 3.63) is 65.1 Å². The number of hydrogen-bond acceptors (Lipinski definition) is 0. The van der Waals surface area contributed by atoms with Crippen LogP contribution in [-0.4, -0.2) is 0 Å². The molecule has 2 aromatic rings. The minimum Gasteiger partial charge on any atom is -0.0920 e. The number of rotatable bonds is 0. The first-order valence-corrected chi connectivity index (χ1v) is 8.80. The van der Waals surface area contributed by atoms with Crippen LogP contribution in [-0.2, 0) is 0 Å². The van der Waals surface area contributed by atoms with Gasteiger partial charge in [-0.15, -0.1) is 0 Å². The highest BCUT2D eigenvalue weighted by atomic mass is 14.2. The fraction of sp³-hybridized carbons (Fsp3) is 0.320. The Bertz CT molecular complexity index is 856. The first-order chi connectivity index (χ1) is 11.6. The fourth-order valence-electron chi connectivity index (χ4n) is 2.70. The maximum Gasteiger partial charge on any atom is 0.0248 e.